The van der Waals surface area contributed by atoms with Gasteiger partial charge >= 0.3 is 0 Å². The molecule has 19 heavy (non-hydrogen) atoms. The van der Waals surface area contributed by atoms with Gasteiger partial charge in [-0.25, -0.2) is 0 Å². The number of amides is 1. The molecule has 4 nitrogen and oxygen atoms in total. The number of fused-ring (bicyclic) bond motifs is 2. The monoisotopic (exact) mass is 269 g/mol. The van der Waals surface area contributed by atoms with Gasteiger partial charge in [0.1, 0.15) is 5.60 Å². The van der Waals surface area contributed by atoms with Gasteiger partial charge in [-0.15, -0.1) is 0 Å². The molecule has 0 aromatic rings. The first-order chi connectivity index (χ1) is 8.82. The molecule has 3 aliphatic rings. The second-order valence-corrected chi connectivity index (χ2v) is 6.93. The maximum absolute atomic E-state index is 11.9. The number of unbranched alkanes of at least 4 members (excludes halogenated alkanes) is 1. The fraction of sp³-hybridized carbons (Fsp3) is 0.933. The van der Waals surface area contributed by atoms with Crippen LogP contribution in [0.1, 0.15) is 52.9 Å². The first kappa shape index (κ1) is 14.8. The molecule has 1 amide bonds. The molecular formula is C15H27NO3. The molecule has 4 heteroatoms. The molecule has 0 aromatic carbocycles. The van der Waals surface area contributed by atoms with Crippen LogP contribution in [-0.2, 0) is 4.79 Å². The molecule has 3 N–H and O–H groups in total. The van der Waals surface area contributed by atoms with E-state index < -0.39 is 11.7 Å². The van der Waals surface area contributed by atoms with Gasteiger partial charge in [-0.2, -0.15) is 0 Å². The van der Waals surface area contributed by atoms with Crippen molar-refractivity contribution in [3.8, 4) is 0 Å². The smallest absolute Gasteiger partial charge is 0.223 e. The Hall–Kier alpha value is -0.610. The minimum atomic E-state index is -1.24. The highest BCUT2D eigenvalue weighted by Gasteiger charge is 2.64. The van der Waals surface area contributed by atoms with E-state index in [1.807, 2.05) is 0 Å². The van der Waals surface area contributed by atoms with E-state index in [9.17, 15) is 15.0 Å². The Morgan fingerprint density at radius 2 is 2.05 bits per heavy atom. The van der Waals surface area contributed by atoms with Crippen LogP contribution in [0.5, 0.6) is 0 Å². The quantitative estimate of drug-likeness (QED) is 0.662. The molecule has 0 spiro atoms. The van der Waals surface area contributed by atoms with Crippen LogP contribution >= 0.6 is 0 Å². The molecule has 110 valence electrons. The Balaban J connectivity index is 1.98. The van der Waals surface area contributed by atoms with Gasteiger partial charge in [-0.05, 0) is 36.5 Å². The normalized spacial score (nSPS) is 39.5. The number of hydrogen-bond donors (Lipinski definition) is 3. The summed E-state index contributed by atoms with van der Waals surface area (Å²) in [6.07, 6.45) is 2.79. The maximum Gasteiger partial charge on any atom is 0.223 e. The third-order valence-electron chi connectivity index (χ3n) is 5.45. The van der Waals surface area contributed by atoms with Gasteiger partial charge in [0, 0.05) is 6.54 Å². The lowest BCUT2D eigenvalue weighted by Gasteiger charge is -2.64. The molecule has 4 atom stereocenters. The SMILES string of the molecule is CCCCNC(=O)C[C@]1(O)C(O)CC2CC1C2(C)C. The van der Waals surface area contributed by atoms with Gasteiger partial charge in [0.2, 0.25) is 5.91 Å². The van der Waals surface area contributed by atoms with Crippen molar-refractivity contribution in [3.05, 3.63) is 0 Å². The average Bonchev–Trinajstić information content (AvgIpc) is 2.32. The summed E-state index contributed by atoms with van der Waals surface area (Å²) >= 11 is 0. The van der Waals surface area contributed by atoms with Crippen molar-refractivity contribution in [1.82, 2.24) is 5.32 Å². The lowest BCUT2D eigenvalue weighted by atomic mass is 9.43. The Morgan fingerprint density at radius 3 is 2.63 bits per heavy atom. The topological polar surface area (TPSA) is 69.6 Å². The highest BCUT2D eigenvalue weighted by atomic mass is 16.3. The van der Waals surface area contributed by atoms with E-state index in [4.69, 9.17) is 0 Å². The Bertz CT molecular complexity index is 355. The van der Waals surface area contributed by atoms with Crippen LogP contribution in [0, 0.1) is 17.3 Å². The van der Waals surface area contributed by atoms with Crippen LogP contribution in [0.15, 0.2) is 0 Å². The highest BCUT2D eigenvalue weighted by molar-refractivity contribution is 5.77. The van der Waals surface area contributed by atoms with Crippen molar-refractivity contribution in [2.75, 3.05) is 6.54 Å². The van der Waals surface area contributed by atoms with E-state index in [1.165, 1.54) is 0 Å². The second-order valence-electron chi connectivity index (χ2n) is 6.93. The van der Waals surface area contributed by atoms with Gasteiger partial charge in [-0.3, -0.25) is 4.79 Å². The van der Waals surface area contributed by atoms with Crippen LogP contribution in [-0.4, -0.2) is 34.4 Å². The number of aliphatic hydroxyl groups is 2. The Labute approximate surface area is 115 Å². The first-order valence-corrected chi connectivity index (χ1v) is 7.49. The zero-order valence-corrected chi connectivity index (χ0v) is 12.3. The van der Waals surface area contributed by atoms with E-state index in [2.05, 4.69) is 26.1 Å². The predicted octanol–water partition coefficient (Wildman–Crippen LogP) is 1.45. The van der Waals surface area contributed by atoms with Crippen molar-refractivity contribution in [1.29, 1.82) is 0 Å². The lowest BCUT2D eigenvalue weighted by Crippen LogP contribution is -2.68. The lowest BCUT2D eigenvalue weighted by molar-refractivity contribution is -0.254. The highest BCUT2D eigenvalue weighted by Crippen LogP contribution is 2.63. The molecule has 3 unspecified atom stereocenters. The second kappa shape index (κ2) is 5.06. The van der Waals surface area contributed by atoms with Gasteiger partial charge < -0.3 is 15.5 Å². The maximum atomic E-state index is 11.9. The van der Waals surface area contributed by atoms with Gasteiger partial charge in [0.05, 0.1) is 12.5 Å². The molecule has 0 heterocycles. The zero-order valence-electron chi connectivity index (χ0n) is 12.3. The van der Waals surface area contributed by atoms with Crippen LogP contribution in [0.3, 0.4) is 0 Å². The third kappa shape index (κ3) is 2.40. The Morgan fingerprint density at radius 1 is 1.37 bits per heavy atom. The summed E-state index contributed by atoms with van der Waals surface area (Å²) in [5, 5.41) is 23.8. The first-order valence-electron chi connectivity index (χ1n) is 7.49. The number of aliphatic hydroxyl groups excluding tert-OH is 1. The molecule has 0 aliphatic heterocycles. The van der Waals surface area contributed by atoms with Crippen molar-refractivity contribution in [3.63, 3.8) is 0 Å². The molecule has 3 aliphatic carbocycles. The molecule has 0 aromatic heterocycles. The van der Waals surface area contributed by atoms with E-state index in [1.54, 1.807) is 0 Å². The van der Waals surface area contributed by atoms with Crippen LogP contribution in [0.4, 0.5) is 0 Å². The summed E-state index contributed by atoms with van der Waals surface area (Å²) in [7, 11) is 0. The summed E-state index contributed by atoms with van der Waals surface area (Å²) in [6.45, 7) is 7.00. The molecule has 3 rings (SSSR count). The van der Waals surface area contributed by atoms with E-state index >= 15 is 0 Å². The summed E-state index contributed by atoms with van der Waals surface area (Å²) in [5.74, 6) is 0.373. The molecular weight excluding hydrogens is 242 g/mol. The standard InChI is InChI=1S/C15H27NO3/c1-4-5-6-16-13(18)9-15(19)11-7-10(8-12(15)17)14(11,2)3/h10-12,17,19H,4-9H2,1-3H3,(H,16,18)/t10?,11?,12?,15-/m1/s1. The molecule has 3 saturated carbocycles. The van der Waals surface area contributed by atoms with E-state index in [-0.39, 0.29) is 23.7 Å². The van der Waals surface area contributed by atoms with Crippen LogP contribution < -0.4 is 5.32 Å². The number of carbonyl (C=O) groups excluding carboxylic acids is 1. The van der Waals surface area contributed by atoms with Crippen molar-refractivity contribution < 1.29 is 15.0 Å². The summed E-state index contributed by atoms with van der Waals surface area (Å²) in [6, 6.07) is 0. The van der Waals surface area contributed by atoms with Crippen molar-refractivity contribution in [2.24, 2.45) is 17.3 Å². The molecule has 0 radical (unpaired) electrons. The fourth-order valence-electron chi connectivity index (χ4n) is 3.94. The van der Waals surface area contributed by atoms with E-state index in [0.717, 1.165) is 19.3 Å². The van der Waals surface area contributed by atoms with Gasteiger partial charge in [-0.1, -0.05) is 27.2 Å². The average molecular weight is 269 g/mol. The number of nitrogens with one attached hydrogen (secondary N) is 1. The molecule has 3 fully saturated rings. The van der Waals surface area contributed by atoms with Gasteiger partial charge in [0.15, 0.2) is 0 Å². The predicted molar refractivity (Wildman–Crippen MR) is 73.5 cm³/mol. The Kier molecular flexibility index (Phi) is 3.94. The fourth-order valence-corrected chi connectivity index (χ4v) is 3.94. The molecule has 0 saturated heterocycles. The minimum absolute atomic E-state index is 0.0265. The van der Waals surface area contributed by atoms with Crippen molar-refractivity contribution >= 4 is 5.91 Å². The zero-order chi connectivity index (χ0) is 14.3. The van der Waals surface area contributed by atoms with Crippen LogP contribution in [0.2, 0.25) is 0 Å². The summed E-state index contributed by atoms with van der Waals surface area (Å²) in [5.41, 5.74) is -1.20. The number of hydrogen-bond acceptors (Lipinski definition) is 3. The van der Waals surface area contributed by atoms with Crippen LogP contribution in [0.25, 0.3) is 0 Å². The number of rotatable bonds is 5. The van der Waals surface area contributed by atoms with Gasteiger partial charge in [0.25, 0.3) is 0 Å². The largest absolute Gasteiger partial charge is 0.390 e. The summed E-state index contributed by atoms with van der Waals surface area (Å²) < 4.78 is 0. The number of carbonyl (C=O) groups is 1. The molecule has 2 bridgehead atoms. The van der Waals surface area contributed by atoms with E-state index in [0.29, 0.717) is 18.9 Å². The summed E-state index contributed by atoms with van der Waals surface area (Å²) in [4.78, 5) is 11.9. The third-order valence-corrected chi connectivity index (χ3v) is 5.45. The minimum Gasteiger partial charge on any atom is -0.390 e. The van der Waals surface area contributed by atoms with Crippen molar-refractivity contribution in [2.45, 2.75) is 64.6 Å².